The molecule has 2 aromatic rings. The van der Waals surface area contributed by atoms with Gasteiger partial charge in [-0.3, -0.25) is 4.79 Å². The van der Waals surface area contributed by atoms with Crippen molar-refractivity contribution < 1.29 is 19.4 Å². The van der Waals surface area contributed by atoms with Crippen LogP contribution in [0.15, 0.2) is 48.5 Å². The highest BCUT2D eigenvalue weighted by molar-refractivity contribution is 6.02. The molecule has 5 heteroatoms. The Morgan fingerprint density at radius 3 is 2.59 bits per heavy atom. The second-order valence-electron chi connectivity index (χ2n) is 7.59. The molecule has 5 nitrogen and oxygen atoms in total. The summed E-state index contributed by atoms with van der Waals surface area (Å²) in [6, 6.07) is 13.4. The number of nitrogens with one attached hydrogen (secondary N) is 1. The minimum absolute atomic E-state index is 0.0978. The lowest BCUT2D eigenvalue weighted by molar-refractivity contribution is -0.111. The molecule has 27 heavy (non-hydrogen) atoms. The number of aliphatic hydroxyl groups excluding tert-OH is 1. The van der Waals surface area contributed by atoms with Crippen LogP contribution in [0, 0.1) is 0 Å². The number of ether oxygens (including phenoxy) is 2. The highest BCUT2D eigenvalue weighted by atomic mass is 16.6. The summed E-state index contributed by atoms with van der Waals surface area (Å²) in [5, 5.41) is 11.9. The van der Waals surface area contributed by atoms with Gasteiger partial charge >= 0.3 is 0 Å². The quantitative estimate of drug-likeness (QED) is 0.808. The molecular formula is C22H25NO4. The molecular weight excluding hydrogens is 342 g/mol. The molecule has 2 N–H and O–H groups in total. The standard InChI is InChI=1S/C22H25NO4/c1-22(2,3)16-7-4-15(5-8-16)6-11-21(25)23-17-9-10-19-20(12-17)26-14-18(13-24)27-19/h4-12,18,24H,13-14H2,1-3H3,(H,23,25)/t18-/m1/s1. The molecule has 3 rings (SSSR count). The van der Waals surface area contributed by atoms with Crippen molar-refractivity contribution in [3.8, 4) is 11.5 Å². The molecule has 0 spiro atoms. The number of carbonyl (C=O) groups excluding carboxylic acids is 1. The largest absolute Gasteiger partial charge is 0.486 e. The lowest BCUT2D eigenvalue weighted by Crippen LogP contribution is -2.32. The third-order valence-electron chi connectivity index (χ3n) is 4.34. The molecule has 0 aliphatic carbocycles. The Bertz CT molecular complexity index is 834. The molecule has 0 saturated heterocycles. The molecule has 0 bridgehead atoms. The summed E-state index contributed by atoms with van der Waals surface area (Å²) in [7, 11) is 0. The summed E-state index contributed by atoms with van der Waals surface area (Å²) in [5.74, 6) is 0.895. The van der Waals surface area contributed by atoms with Crippen molar-refractivity contribution in [2.75, 3.05) is 18.5 Å². The molecule has 142 valence electrons. The number of aliphatic hydroxyl groups is 1. The van der Waals surface area contributed by atoms with Crippen LogP contribution in [0.1, 0.15) is 31.9 Å². The maximum absolute atomic E-state index is 12.2. The third-order valence-corrected chi connectivity index (χ3v) is 4.34. The summed E-state index contributed by atoms with van der Waals surface area (Å²) < 4.78 is 11.1. The molecule has 0 aromatic heterocycles. The molecule has 1 atom stereocenters. The van der Waals surface area contributed by atoms with E-state index in [9.17, 15) is 4.79 Å². The van der Waals surface area contributed by atoms with Crippen molar-refractivity contribution in [1.29, 1.82) is 0 Å². The van der Waals surface area contributed by atoms with Crippen LogP contribution in [0.25, 0.3) is 6.08 Å². The van der Waals surface area contributed by atoms with Gasteiger partial charge in [0.1, 0.15) is 6.61 Å². The fourth-order valence-corrected chi connectivity index (χ4v) is 2.73. The number of amides is 1. The lowest BCUT2D eigenvalue weighted by Gasteiger charge is -2.25. The highest BCUT2D eigenvalue weighted by Gasteiger charge is 2.20. The zero-order valence-corrected chi connectivity index (χ0v) is 15.9. The summed E-state index contributed by atoms with van der Waals surface area (Å²) >= 11 is 0. The van der Waals surface area contributed by atoms with E-state index in [1.807, 2.05) is 12.1 Å². The first kappa shape index (κ1) is 19.0. The van der Waals surface area contributed by atoms with Crippen LogP contribution in [0.3, 0.4) is 0 Å². The van der Waals surface area contributed by atoms with E-state index < -0.39 is 0 Å². The summed E-state index contributed by atoms with van der Waals surface area (Å²) in [5.41, 5.74) is 2.95. The first-order valence-corrected chi connectivity index (χ1v) is 8.99. The van der Waals surface area contributed by atoms with Crippen molar-refractivity contribution >= 4 is 17.7 Å². The van der Waals surface area contributed by atoms with Crippen molar-refractivity contribution in [2.24, 2.45) is 0 Å². The molecule has 1 aliphatic rings. The van der Waals surface area contributed by atoms with Crippen LogP contribution in [-0.2, 0) is 10.2 Å². The fourth-order valence-electron chi connectivity index (χ4n) is 2.73. The lowest BCUT2D eigenvalue weighted by atomic mass is 9.87. The maximum atomic E-state index is 12.2. The number of anilines is 1. The van der Waals surface area contributed by atoms with E-state index in [1.54, 1.807) is 24.3 Å². The van der Waals surface area contributed by atoms with Crippen LogP contribution < -0.4 is 14.8 Å². The van der Waals surface area contributed by atoms with E-state index in [-0.39, 0.29) is 30.6 Å². The van der Waals surface area contributed by atoms with Gasteiger partial charge in [-0.15, -0.1) is 0 Å². The summed E-state index contributed by atoms with van der Waals surface area (Å²) in [6.45, 7) is 6.69. The van der Waals surface area contributed by atoms with Crippen LogP contribution in [0.4, 0.5) is 5.69 Å². The van der Waals surface area contributed by atoms with Gasteiger partial charge in [-0.1, -0.05) is 45.0 Å². The predicted octanol–water partition coefficient (Wildman–Crippen LogP) is 3.77. The number of benzene rings is 2. The number of hydrogen-bond donors (Lipinski definition) is 2. The van der Waals surface area contributed by atoms with Gasteiger partial charge in [0.15, 0.2) is 17.6 Å². The first-order chi connectivity index (χ1) is 12.8. The Labute approximate surface area is 159 Å². The van der Waals surface area contributed by atoms with Crippen LogP contribution in [0.2, 0.25) is 0 Å². The molecule has 1 heterocycles. The third kappa shape index (κ3) is 4.89. The second-order valence-corrected chi connectivity index (χ2v) is 7.59. The van der Waals surface area contributed by atoms with Gasteiger partial charge in [0.2, 0.25) is 5.91 Å². The van der Waals surface area contributed by atoms with Crippen LogP contribution in [0.5, 0.6) is 11.5 Å². The second kappa shape index (κ2) is 7.84. The van der Waals surface area contributed by atoms with E-state index >= 15 is 0 Å². The Balaban J connectivity index is 1.62. The number of rotatable bonds is 4. The average molecular weight is 367 g/mol. The van der Waals surface area contributed by atoms with Gasteiger partial charge in [0.25, 0.3) is 0 Å². The van der Waals surface area contributed by atoms with Crippen molar-refractivity contribution in [2.45, 2.75) is 32.3 Å². The molecule has 0 unspecified atom stereocenters. The Hall–Kier alpha value is -2.79. The Kier molecular flexibility index (Phi) is 5.51. The molecule has 0 radical (unpaired) electrons. The first-order valence-electron chi connectivity index (χ1n) is 8.99. The number of carbonyl (C=O) groups is 1. The number of fused-ring (bicyclic) bond motifs is 1. The van der Waals surface area contributed by atoms with E-state index in [0.717, 1.165) is 5.56 Å². The minimum Gasteiger partial charge on any atom is -0.486 e. The van der Waals surface area contributed by atoms with Gasteiger partial charge < -0.3 is 19.9 Å². The minimum atomic E-state index is -0.356. The highest BCUT2D eigenvalue weighted by Crippen LogP contribution is 2.34. The van der Waals surface area contributed by atoms with Crippen molar-refractivity contribution in [1.82, 2.24) is 0 Å². The zero-order chi connectivity index (χ0) is 19.4. The van der Waals surface area contributed by atoms with Crippen LogP contribution in [-0.4, -0.2) is 30.3 Å². The Morgan fingerprint density at radius 2 is 1.93 bits per heavy atom. The van der Waals surface area contributed by atoms with Crippen LogP contribution >= 0.6 is 0 Å². The SMILES string of the molecule is CC(C)(C)c1ccc(C=CC(=O)Nc2ccc3c(c2)OC[C@@H](CO)O3)cc1. The van der Waals surface area contributed by atoms with E-state index in [0.29, 0.717) is 17.2 Å². The molecule has 0 saturated carbocycles. The predicted molar refractivity (Wildman–Crippen MR) is 106 cm³/mol. The van der Waals surface area contributed by atoms with Gasteiger partial charge in [0, 0.05) is 17.8 Å². The van der Waals surface area contributed by atoms with E-state index in [4.69, 9.17) is 14.6 Å². The number of hydrogen-bond acceptors (Lipinski definition) is 4. The average Bonchev–Trinajstić information content (AvgIpc) is 2.65. The normalized spacial score (nSPS) is 16.4. The van der Waals surface area contributed by atoms with Gasteiger partial charge in [0.05, 0.1) is 6.61 Å². The smallest absolute Gasteiger partial charge is 0.248 e. The monoisotopic (exact) mass is 367 g/mol. The van der Waals surface area contributed by atoms with Gasteiger partial charge in [-0.05, 0) is 34.8 Å². The molecule has 0 fully saturated rings. The van der Waals surface area contributed by atoms with Gasteiger partial charge in [-0.2, -0.15) is 0 Å². The van der Waals surface area contributed by atoms with Crippen molar-refractivity contribution in [3.05, 3.63) is 59.7 Å². The summed E-state index contributed by atoms with van der Waals surface area (Å²) in [4.78, 5) is 12.2. The fraction of sp³-hybridized carbons (Fsp3) is 0.318. The van der Waals surface area contributed by atoms with E-state index in [2.05, 4.69) is 38.2 Å². The zero-order valence-electron chi connectivity index (χ0n) is 15.9. The Morgan fingerprint density at radius 1 is 1.19 bits per heavy atom. The molecule has 1 amide bonds. The molecule has 2 aromatic carbocycles. The van der Waals surface area contributed by atoms with Gasteiger partial charge in [-0.25, -0.2) is 0 Å². The molecule has 1 aliphatic heterocycles. The maximum Gasteiger partial charge on any atom is 0.248 e. The van der Waals surface area contributed by atoms with Crippen molar-refractivity contribution in [3.63, 3.8) is 0 Å². The summed E-state index contributed by atoms with van der Waals surface area (Å²) in [6.07, 6.45) is 2.93. The topological polar surface area (TPSA) is 67.8 Å². The van der Waals surface area contributed by atoms with E-state index in [1.165, 1.54) is 11.6 Å².